The van der Waals surface area contributed by atoms with Crippen LogP contribution in [0.1, 0.15) is 21.6 Å². The van der Waals surface area contributed by atoms with Gasteiger partial charge in [-0.1, -0.05) is 24.3 Å². The van der Waals surface area contributed by atoms with Crippen LogP contribution in [0.2, 0.25) is 0 Å². The quantitative estimate of drug-likeness (QED) is 0.656. The first kappa shape index (κ1) is 13.1. The predicted molar refractivity (Wildman–Crippen MR) is 86.3 cm³/mol. The molecule has 0 atom stereocenters. The lowest BCUT2D eigenvalue weighted by Crippen LogP contribution is -1.90. The number of rotatable bonds is 3. The third-order valence-corrected chi connectivity index (χ3v) is 4.77. The largest absolute Gasteiger partial charge is 0.265 e. The van der Waals surface area contributed by atoms with Crippen molar-refractivity contribution in [3.8, 4) is 10.4 Å². The molecule has 2 aromatic heterocycles. The SMILES string of the molecule is Cc1ccccc1Cc1cc(-c2ccncc2)sc1C. The third kappa shape index (κ3) is 2.66. The molecule has 3 rings (SSSR count). The number of benzene rings is 1. The summed E-state index contributed by atoms with van der Waals surface area (Å²) in [7, 11) is 0. The minimum Gasteiger partial charge on any atom is -0.265 e. The zero-order valence-electron chi connectivity index (χ0n) is 11.8. The van der Waals surface area contributed by atoms with Crippen molar-refractivity contribution in [1.82, 2.24) is 4.98 Å². The lowest BCUT2D eigenvalue weighted by atomic mass is 10.0. The molecule has 0 N–H and O–H groups in total. The van der Waals surface area contributed by atoms with Gasteiger partial charge in [0.25, 0.3) is 0 Å². The summed E-state index contributed by atoms with van der Waals surface area (Å²) in [6.45, 7) is 4.39. The highest BCUT2D eigenvalue weighted by molar-refractivity contribution is 7.15. The lowest BCUT2D eigenvalue weighted by molar-refractivity contribution is 1.15. The van der Waals surface area contributed by atoms with E-state index in [0.29, 0.717) is 0 Å². The van der Waals surface area contributed by atoms with Gasteiger partial charge in [0.05, 0.1) is 0 Å². The van der Waals surface area contributed by atoms with Crippen molar-refractivity contribution in [1.29, 1.82) is 0 Å². The molecule has 0 fully saturated rings. The topological polar surface area (TPSA) is 12.9 Å². The van der Waals surface area contributed by atoms with Gasteiger partial charge in [0.1, 0.15) is 0 Å². The third-order valence-electron chi connectivity index (χ3n) is 3.63. The Kier molecular flexibility index (Phi) is 3.66. The van der Waals surface area contributed by atoms with Gasteiger partial charge in [-0.05, 0) is 60.7 Å². The Balaban J connectivity index is 1.92. The molecule has 0 aliphatic rings. The van der Waals surface area contributed by atoms with Gasteiger partial charge in [0, 0.05) is 22.1 Å². The summed E-state index contributed by atoms with van der Waals surface area (Å²) in [6.07, 6.45) is 4.72. The number of pyridine rings is 1. The van der Waals surface area contributed by atoms with E-state index in [-0.39, 0.29) is 0 Å². The normalized spacial score (nSPS) is 10.7. The van der Waals surface area contributed by atoms with E-state index in [9.17, 15) is 0 Å². The van der Waals surface area contributed by atoms with Crippen molar-refractivity contribution < 1.29 is 0 Å². The van der Waals surface area contributed by atoms with E-state index < -0.39 is 0 Å². The minimum absolute atomic E-state index is 1.01. The molecule has 1 nitrogen and oxygen atoms in total. The van der Waals surface area contributed by atoms with E-state index in [1.807, 2.05) is 23.7 Å². The number of thiophene rings is 1. The van der Waals surface area contributed by atoms with Gasteiger partial charge in [-0.2, -0.15) is 0 Å². The summed E-state index contributed by atoms with van der Waals surface area (Å²) in [4.78, 5) is 6.81. The fourth-order valence-corrected chi connectivity index (χ4v) is 3.41. The first-order valence-electron chi connectivity index (χ1n) is 6.78. The Labute approximate surface area is 124 Å². The summed E-state index contributed by atoms with van der Waals surface area (Å²) >= 11 is 1.86. The van der Waals surface area contributed by atoms with Crippen LogP contribution >= 0.6 is 11.3 Å². The summed E-state index contributed by atoms with van der Waals surface area (Å²) in [5.74, 6) is 0. The highest BCUT2D eigenvalue weighted by Crippen LogP contribution is 2.32. The van der Waals surface area contributed by atoms with Crippen molar-refractivity contribution in [2.75, 3.05) is 0 Å². The first-order valence-corrected chi connectivity index (χ1v) is 7.60. The minimum atomic E-state index is 1.01. The van der Waals surface area contributed by atoms with Crippen LogP contribution in [0.25, 0.3) is 10.4 Å². The van der Waals surface area contributed by atoms with Crippen molar-refractivity contribution in [3.63, 3.8) is 0 Å². The number of nitrogens with zero attached hydrogens (tertiary/aromatic N) is 1. The molecule has 1 aromatic carbocycles. The summed E-state index contributed by atoms with van der Waals surface area (Å²) in [5, 5.41) is 0. The molecule has 0 unspecified atom stereocenters. The van der Waals surface area contributed by atoms with Gasteiger partial charge in [-0.3, -0.25) is 4.98 Å². The Hall–Kier alpha value is -1.93. The van der Waals surface area contributed by atoms with Gasteiger partial charge in [-0.25, -0.2) is 0 Å². The molecule has 0 bridgehead atoms. The van der Waals surface area contributed by atoms with Crippen LogP contribution in [0, 0.1) is 13.8 Å². The Morgan fingerprint density at radius 3 is 2.45 bits per heavy atom. The van der Waals surface area contributed by atoms with Crippen LogP contribution in [-0.4, -0.2) is 4.98 Å². The van der Waals surface area contributed by atoms with Gasteiger partial charge in [0.2, 0.25) is 0 Å². The van der Waals surface area contributed by atoms with Crippen molar-refractivity contribution >= 4 is 11.3 Å². The first-order chi connectivity index (χ1) is 9.74. The molecule has 3 aromatic rings. The fourth-order valence-electron chi connectivity index (χ4n) is 2.37. The molecule has 2 heterocycles. The molecule has 2 heteroatoms. The number of aryl methyl sites for hydroxylation is 2. The van der Waals surface area contributed by atoms with E-state index in [4.69, 9.17) is 0 Å². The average Bonchev–Trinajstić information content (AvgIpc) is 2.84. The number of aromatic nitrogens is 1. The zero-order valence-corrected chi connectivity index (χ0v) is 12.6. The lowest BCUT2D eigenvalue weighted by Gasteiger charge is -2.04. The van der Waals surface area contributed by atoms with Crippen LogP contribution in [-0.2, 0) is 6.42 Å². The molecule has 0 aliphatic carbocycles. The maximum Gasteiger partial charge on any atom is 0.0349 e. The standard InChI is InChI=1S/C18H17NS/c1-13-5-3-4-6-16(13)11-17-12-18(20-14(17)2)15-7-9-19-10-8-15/h3-10,12H,11H2,1-2H3. The second-order valence-corrected chi connectivity index (χ2v) is 6.29. The van der Waals surface area contributed by atoms with Gasteiger partial charge in [-0.15, -0.1) is 11.3 Å². The van der Waals surface area contributed by atoms with Gasteiger partial charge < -0.3 is 0 Å². The van der Waals surface area contributed by atoms with Gasteiger partial charge >= 0.3 is 0 Å². The van der Waals surface area contributed by atoms with Crippen LogP contribution in [0.4, 0.5) is 0 Å². The summed E-state index contributed by atoms with van der Waals surface area (Å²) in [5.41, 5.74) is 5.46. The molecular weight excluding hydrogens is 262 g/mol. The monoisotopic (exact) mass is 279 g/mol. The molecule has 0 spiro atoms. The van der Waals surface area contributed by atoms with E-state index >= 15 is 0 Å². The van der Waals surface area contributed by atoms with Crippen LogP contribution in [0.5, 0.6) is 0 Å². The maximum atomic E-state index is 4.08. The van der Waals surface area contributed by atoms with Crippen LogP contribution in [0.3, 0.4) is 0 Å². The highest BCUT2D eigenvalue weighted by atomic mass is 32.1. The van der Waals surface area contributed by atoms with Crippen LogP contribution in [0.15, 0.2) is 54.9 Å². The number of hydrogen-bond donors (Lipinski definition) is 0. The molecule has 0 saturated carbocycles. The Morgan fingerprint density at radius 2 is 1.70 bits per heavy atom. The smallest absolute Gasteiger partial charge is 0.0349 e. The highest BCUT2D eigenvalue weighted by Gasteiger charge is 2.09. The van der Waals surface area contributed by atoms with Crippen molar-refractivity contribution in [3.05, 3.63) is 76.4 Å². The van der Waals surface area contributed by atoms with E-state index in [1.165, 1.54) is 32.0 Å². The van der Waals surface area contributed by atoms with E-state index in [2.05, 4.69) is 61.3 Å². The fraction of sp³-hybridized carbons (Fsp3) is 0.167. The zero-order chi connectivity index (χ0) is 13.9. The summed E-state index contributed by atoms with van der Waals surface area (Å²) < 4.78 is 0. The van der Waals surface area contributed by atoms with Crippen molar-refractivity contribution in [2.45, 2.75) is 20.3 Å². The van der Waals surface area contributed by atoms with E-state index in [0.717, 1.165) is 6.42 Å². The number of hydrogen-bond acceptors (Lipinski definition) is 2. The second-order valence-electron chi connectivity index (χ2n) is 5.03. The maximum absolute atomic E-state index is 4.08. The van der Waals surface area contributed by atoms with E-state index in [1.54, 1.807) is 0 Å². The average molecular weight is 279 g/mol. The molecule has 0 saturated heterocycles. The molecule has 0 amide bonds. The second kappa shape index (κ2) is 5.59. The molecule has 20 heavy (non-hydrogen) atoms. The molecule has 100 valence electrons. The predicted octanol–water partition coefficient (Wildman–Crippen LogP) is 5.02. The molecule has 0 aliphatic heterocycles. The van der Waals surface area contributed by atoms with Crippen molar-refractivity contribution in [2.24, 2.45) is 0 Å². The Morgan fingerprint density at radius 1 is 0.950 bits per heavy atom. The van der Waals surface area contributed by atoms with Crippen LogP contribution < -0.4 is 0 Å². The molecular formula is C18H17NS. The molecule has 0 radical (unpaired) electrons. The Bertz CT molecular complexity index is 713. The summed E-state index contributed by atoms with van der Waals surface area (Å²) in [6, 6.07) is 15.1. The van der Waals surface area contributed by atoms with Gasteiger partial charge in [0.15, 0.2) is 0 Å².